The van der Waals surface area contributed by atoms with E-state index in [1.807, 2.05) is 38.7 Å². The molecule has 0 spiro atoms. The number of fused-ring (bicyclic) bond motifs is 3. The van der Waals surface area contributed by atoms with Gasteiger partial charge in [-0.3, -0.25) is 9.58 Å². The molecule has 2 bridgehead atoms. The first-order chi connectivity index (χ1) is 19.3. The lowest BCUT2D eigenvalue weighted by molar-refractivity contribution is 0.0123. The van der Waals surface area contributed by atoms with E-state index in [0.717, 1.165) is 28.1 Å². The van der Waals surface area contributed by atoms with Gasteiger partial charge in [0, 0.05) is 43.6 Å². The number of carbonyl (C=O) groups is 1. The van der Waals surface area contributed by atoms with Crippen molar-refractivity contribution in [1.29, 1.82) is 0 Å². The molecule has 0 N–H and O–H groups in total. The Morgan fingerprint density at radius 1 is 1.07 bits per heavy atom. The molecular formula is C29H33FN6O4S. The lowest BCUT2D eigenvalue weighted by Gasteiger charge is -2.42. The van der Waals surface area contributed by atoms with Gasteiger partial charge in [0.1, 0.15) is 5.60 Å². The molecule has 41 heavy (non-hydrogen) atoms. The summed E-state index contributed by atoms with van der Waals surface area (Å²) in [6.45, 7) is 8.56. The monoisotopic (exact) mass is 580 g/mol. The van der Waals surface area contributed by atoms with Crippen LogP contribution in [-0.2, 0) is 21.8 Å². The zero-order chi connectivity index (χ0) is 29.3. The maximum atomic E-state index is 15.0. The maximum absolute atomic E-state index is 15.0. The van der Waals surface area contributed by atoms with Crippen LogP contribution < -0.4 is 4.90 Å². The third-order valence-electron chi connectivity index (χ3n) is 7.68. The number of ether oxygens (including phenoxy) is 1. The topological polar surface area (TPSA) is 103 Å². The van der Waals surface area contributed by atoms with Gasteiger partial charge in [-0.15, -0.1) is 5.10 Å². The van der Waals surface area contributed by atoms with E-state index in [1.54, 1.807) is 31.4 Å². The molecule has 1 amide bonds. The fourth-order valence-corrected chi connectivity index (χ4v) is 7.40. The first-order valence-electron chi connectivity index (χ1n) is 13.6. The smallest absolute Gasteiger partial charge is 0.410 e. The number of benzene rings is 1. The molecule has 2 aliphatic rings. The Balaban J connectivity index is 1.46. The van der Waals surface area contributed by atoms with Crippen molar-refractivity contribution in [2.45, 2.75) is 63.1 Å². The van der Waals surface area contributed by atoms with Crippen LogP contribution in [0.3, 0.4) is 0 Å². The van der Waals surface area contributed by atoms with Crippen LogP contribution in [0.4, 0.5) is 14.9 Å². The molecule has 0 radical (unpaired) electrons. The van der Waals surface area contributed by atoms with Gasteiger partial charge in [-0.25, -0.2) is 22.2 Å². The summed E-state index contributed by atoms with van der Waals surface area (Å²) in [5, 5.41) is 4.39. The minimum atomic E-state index is -4.16. The highest BCUT2D eigenvalue weighted by Gasteiger charge is 2.45. The maximum Gasteiger partial charge on any atom is 0.410 e. The second-order valence-corrected chi connectivity index (χ2v) is 13.7. The normalized spacial score (nSPS) is 19.3. The van der Waals surface area contributed by atoms with E-state index in [9.17, 15) is 13.2 Å². The van der Waals surface area contributed by atoms with Gasteiger partial charge in [-0.1, -0.05) is 17.7 Å². The number of aryl methyl sites for hydroxylation is 2. The Kier molecular flexibility index (Phi) is 6.36. The molecule has 6 rings (SSSR count). The molecule has 12 heteroatoms. The van der Waals surface area contributed by atoms with E-state index in [1.165, 1.54) is 23.0 Å². The number of hydrogen-bond donors (Lipinski definition) is 0. The molecule has 0 saturated carbocycles. The molecule has 1 aromatic carbocycles. The van der Waals surface area contributed by atoms with E-state index in [-0.39, 0.29) is 40.0 Å². The molecule has 2 aliphatic heterocycles. The van der Waals surface area contributed by atoms with Crippen molar-refractivity contribution in [2.24, 2.45) is 7.05 Å². The van der Waals surface area contributed by atoms with E-state index in [0.29, 0.717) is 18.5 Å². The number of carbonyl (C=O) groups excluding carboxylic acids is 1. The quantitative estimate of drug-likeness (QED) is 0.345. The third-order valence-corrected chi connectivity index (χ3v) is 9.40. The fourth-order valence-electron chi connectivity index (χ4n) is 5.93. The highest BCUT2D eigenvalue weighted by molar-refractivity contribution is 7.90. The average Bonchev–Trinajstić information content (AvgIpc) is 3.53. The number of halogens is 1. The summed E-state index contributed by atoms with van der Waals surface area (Å²) in [6, 6.07) is 9.96. The van der Waals surface area contributed by atoms with Crippen molar-refractivity contribution >= 4 is 32.8 Å². The number of pyridine rings is 1. The van der Waals surface area contributed by atoms with Gasteiger partial charge in [0.15, 0.2) is 5.65 Å². The number of amides is 1. The zero-order valence-electron chi connectivity index (χ0n) is 23.7. The molecule has 0 aliphatic carbocycles. The van der Waals surface area contributed by atoms with Crippen molar-refractivity contribution in [3.8, 4) is 11.3 Å². The van der Waals surface area contributed by atoms with E-state index >= 15 is 4.39 Å². The molecular weight excluding hydrogens is 547 g/mol. The first-order valence-corrected chi connectivity index (χ1v) is 15.1. The lowest BCUT2D eigenvalue weighted by atomic mass is 10.1. The van der Waals surface area contributed by atoms with Crippen LogP contribution in [0.5, 0.6) is 0 Å². The third kappa shape index (κ3) is 4.73. The highest BCUT2D eigenvalue weighted by Crippen LogP contribution is 2.40. The van der Waals surface area contributed by atoms with Crippen LogP contribution in [0.15, 0.2) is 53.7 Å². The predicted octanol–water partition coefficient (Wildman–Crippen LogP) is 4.71. The standard InChI is InChI=1S/C29H33FN6O4S/c1-18-6-10-21(11-7-18)41(38,39)36-25(23-17-33(5)32-26(23)30)14-22-24(12-13-31-27(22)36)34-15-19-8-9-20(16-34)35(19)28(37)40-29(2,3)4/h6-7,10-14,17,19-20H,8-9,15-16H2,1-5H3. The average molecular weight is 581 g/mol. The van der Waals surface area contributed by atoms with Gasteiger partial charge in [0.05, 0.1) is 28.2 Å². The number of nitrogens with zero attached hydrogens (tertiary/aromatic N) is 6. The predicted molar refractivity (Wildman–Crippen MR) is 153 cm³/mol. The van der Waals surface area contributed by atoms with E-state index < -0.39 is 21.6 Å². The van der Waals surface area contributed by atoms with Crippen LogP contribution in [-0.4, -0.2) is 68.9 Å². The van der Waals surface area contributed by atoms with Gasteiger partial charge in [-0.2, -0.15) is 4.39 Å². The van der Waals surface area contributed by atoms with Gasteiger partial charge < -0.3 is 9.64 Å². The summed E-state index contributed by atoms with van der Waals surface area (Å²) >= 11 is 0. The van der Waals surface area contributed by atoms with Crippen molar-refractivity contribution in [1.82, 2.24) is 23.6 Å². The molecule has 2 fully saturated rings. The number of piperazine rings is 1. The molecule has 10 nitrogen and oxygen atoms in total. The summed E-state index contributed by atoms with van der Waals surface area (Å²) in [6.07, 6.45) is 4.43. The molecule has 2 saturated heterocycles. The van der Waals surface area contributed by atoms with Crippen molar-refractivity contribution in [3.05, 3.63) is 60.3 Å². The Morgan fingerprint density at radius 3 is 2.32 bits per heavy atom. The Bertz CT molecular complexity index is 1740. The van der Waals surface area contributed by atoms with Gasteiger partial charge in [0.2, 0.25) is 5.95 Å². The zero-order valence-corrected chi connectivity index (χ0v) is 24.5. The van der Waals surface area contributed by atoms with Crippen LogP contribution in [0, 0.1) is 12.9 Å². The minimum absolute atomic E-state index is 0.0413. The van der Waals surface area contributed by atoms with Gasteiger partial charge >= 0.3 is 6.09 Å². The van der Waals surface area contributed by atoms with Crippen LogP contribution >= 0.6 is 0 Å². The van der Waals surface area contributed by atoms with Crippen LogP contribution in [0.1, 0.15) is 39.2 Å². The molecule has 4 aromatic rings. The second-order valence-electron chi connectivity index (χ2n) is 11.9. The largest absolute Gasteiger partial charge is 0.444 e. The number of hydrogen-bond acceptors (Lipinski definition) is 7. The van der Waals surface area contributed by atoms with Gasteiger partial charge in [0.25, 0.3) is 10.0 Å². The van der Waals surface area contributed by atoms with Gasteiger partial charge in [-0.05, 0) is 64.8 Å². The van der Waals surface area contributed by atoms with Crippen LogP contribution in [0.2, 0.25) is 0 Å². The second kappa shape index (κ2) is 9.57. The highest BCUT2D eigenvalue weighted by atomic mass is 32.2. The van der Waals surface area contributed by atoms with Crippen molar-refractivity contribution < 1.29 is 22.3 Å². The summed E-state index contributed by atoms with van der Waals surface area (Å²) in [7, 11) is -2.58. The van der Waals surface area contributed by atoms with Crippen LogP contribution in [0.25, 0.3) is 22.3 Å². The fraction of sp³-hybridized carbons (Fsp3) is 0.414. The molecule has 3 aromatic heterocycles. The SMILES string of the molecule is Cc1ccc(S(=O)(=O)n2c(-c3cn(C)nc3F)cc3c(N4CC5CCC(C4)N5C(=O)OC(C)(C)C)ccnc32)cc1. The number of aromatic nitrogens is 4. The first kappa shape index (κ1) is 27.3. The molecule has 216 valence electrons. The lowest BCUT2D eigenvalue weighted by Crippen LogP contribution is -2.56. The summed E-state index contributed by atoms with van der Waals surface area (Å²) in [5.41, 5.74) is 1.50. The number of anilines is 1. The van der Waals surface area contributed by atoms with Crippen molar-refractivity contribution in [2.75, 3.05) is 18.0 Å². The van der Waals surface area contributed by atoms with E-state index in [2.05, 4.69) is 15.0 Å². The Labute approximate surface area is 238 Å². The van der Waals surface area contributed by atoms with E-state index in [4.69, 9.17) is 4.74 Å². The Hall–Kier alpha value is -3.93. The summed E-state index contributed by atoms with van der Waals surface area (Å²) in [4.78, 5) is 21.6. The Morgan fingerprint density at radius 2 is 1.73 bits per heavy atom. The van der Waals surface area contributed by atoms with Crippen molar-refractivity contribution in [3.63, 3.8) is 0 Å². The molecule has 5 heterocycles. The summed E-state index contributed by atoms with van der Waals surface area (Å²) < 4.78 is 51.3. The molecule has 2 atom stereocenters. The molecule has 2 unspecified atom stereocenters. The summed E-state index contributed by atoms with van der Waals surface area (Å²) in [5.74, 6) is -0.777. The number of rotatable bonds is 4. The minimum Gasteiger partial charge on any atom is -0.444 e.